The molecule has 1 heterocycles. The summed E-state index contributed by atoms with van der Waals surface area (Å²) in [6.07, 6.45) is 1.92. The summed E-state index contributed by atoms with van der Waals surface area (Å²) in [5, 5.41) is 1.17. The first-order valence-electron chi connectivity index (χ1n) is 4.61. The Hall–Kier alpha value is -0.450. The van der Waals surface area contributed by atoms with Crippen LogP contribution >= 0.6 is 35.7 Å². The van der Waals surface area contributed by atoms with Crippen LogP contribution in [0.3, 0.4) is 0 Å². The Balaban J connectivity index is 1.93. The zero-order valence-corrected chi connectivity index (χ0v) is 10.6. The van der Waals surface area contributed by atoms with Gasteiger partial charge in [-0.25, -0.2) is 4.98 Å². The predicted octanol–water partition coefficient (Wildman–Crippen LogP) is 3.87. The van der Waals surface area contributed by atoms with E-state index in [-0.39, 0.29) is 0 Å². The van der Waals surface area contributed by atoms with Crippen LogP contribution in [-0.4, -0.2) is 4.98 Å². The summed E-state index contributed by atoms with van der Waals surface area (Å²) in [5.74, 6) is 1.73. The van der Waals surface area contributed by atoms with E-state index in [9.17, 15) is 0 Å². The van der Waals surface area contributed by atoms with Gasteiger partial charge in [0.2, 0.25) is 0 Å². The Morgan fingerprint density at radius 1 is 1.27 bits per heavy atom. The van der Waals surface area contributed by atoms with Crippen molar-refractivity contribution in [2.24, 2.45) is 0 Å². The third-order valence-corrected chi connectivity index (χ3v) is 4.62. The van der Waals surface area contributed by atoms with Gasteiger partial charge < -0.3 is 0 Å². The van der Waals surface area contributed by atoms with Crippen molar-refractivity contribution in [3.05, 3.63) is 46.4 Å². The molecule has 2 rings (SSSR count). The fraction of sp³-hybridized carbons (Fsp3) is 0.182. The molecule has 0 saturated carbocycles. The summed E-state index contributed by atoms with van der Waals surface area (Å²) in [5.41, 5.74) is 0. The molecule has 0 bridgehead atoms. The normalized spacial score (nSPS) is 10.5. The van der Waals surface area contributed by atoms with Gasteiger partial charge in [0, 0.05) is 21.7 Å². The largest absolute Gasteiger partial charge is 0.248 e. The first kappa shape index (κ1) is 11.0. The summed E-state index contributed by atoms with van der Waals surface area (Å²) in [4.78, 5) is 6.88. The quantitative estimate of drug-likeness (QED) is 0.656. The van der Waals surface area contributed by atoms with Crippen molar-refractivity contribution in [3.63, 3.8) is 0 Å². The molecule has 0 aliphatic carbocycles. The van der Waals surface area contributed by atoms with E-state index in [0.29, 0.717) is 0 Å². The number of thiol groups is 1. The van der Waals surface area contributed by atoms with Crippen molar-refractivity contribution in [1.29, 1.82) is 0 Å². The number of aromatic nitrogens is 1. The second kappa shape index (κ2) is 5.58. The van der Waals surface area contributed by atoms with Gasteiger partial charge in [-0.05, 0) is 12.1 Å². The van der Waals surface area contributed by atoms with Crippen LogP contribution in [0.2, 0.25) is 0 Å². The molecule has 2 aromatic rings. The topological polar surface area (TPSA) is 12.9 Å². The Morgan fingerprint density at radius 3 is 2.73 bits per heavy atom. The molecule has 1 aromatic carbocycles. The molecule has 78 valence electrons. The van der Waals surface area contributed by atoms with Crippen molar-refractivity contribution in [2.45, 2.75) is 16.4 Å². The summed E-state index contributed by atoms with van der Waals surface area (Å²) in [7, 11) is 0. The third kappa shape index (κ3) is 3.26. The maximum absolute atomic E-state index is 4.35. The molecule has 0 unspecified atom stereocenters. The molecule has 0 spiro atoms. The van der Waals surface area contributed by atoms with Crippen LogP contribution in [0.5, 0.6) is 0 Å². The SMILES string of the molecule is SCc1cnc(CSc2ccccc2)s1. The zero-order valence-electron chi connectivity index (χ0n) is 8.09. The van der Waals surface area contributed by atoms with Crippen LogP contribution in [0.4, 0.5) is 0 Å². The number of benzene rings is 1. The highest BCUT2D eigenvalue weighted by molar-refractivity contribution is 7.98. The second-order valence-electron chi connectivity index (χ2n) is 2.98. The van der Waals surface area contributed by atoms with Gasteiger partial charge in [-0.1, -0.05) is 18.2 Å². The molecular weight excluding hydrogens is 242 g/mol. The van der Waals surface area contributed by atoms with Crippen molar-refractivity contribution in [2.75, 3.05) is 0 Å². The highest BCUT2D eigenvalue weighted by Gasteiger charge is 2.01. The molecule has 4 heteroatoms. The van der Waals surface area contributed by atoms with Gasteiger partial charge in [0.15, 0.2) is 0 Å². The average Bonchev–Trinajstić information content (AvgIpc) is 2.76. The molecule has 0 atom stereocenters. The molecule has 1 aromatic heterocycles. The first-order valence-corrected chi connectivity index (χ1v) is 7.04. The Kier molecular flexibility index (Phi) is 4.11. The van der Waals surface area contributed by atoms with E-state index in [4.69, 9.17) is 0 Å². The van der Waals surface area contributed by atoms with Crippen molar-refractivity contribution >= 4 is 35.7 Å². The monoisotopic (exact) mass is 253 g/mol. The number of nitrogens with zero attached hydrogens (tertiary/aromatic N) is 1. The van der Waals surface area contributed by atoms with Crippen LogP contribution in [-0.2, 0) is 11.5 Å². The van der Waals surface area contributed by atoms with Gasteiger partial charge in [0.1, 0.15) is 5.01 Å². The van der Waals surface area contributed by atoms with Gasteiger partial charge >= 0.3 is 0 Å². The second-order valence-corrected chi connectivity index (χ2v) is 5.54. The van der Waals surface area contributed by atoms with Crippen LogP contribution in [0, 0.1) is 0 Å². The molecule has 0 aliphatic heterocycles. The Morgan fingerprint density at radius 2 is 2.07 bits per heavy atom. The molecule has 15 heavy (non-hydrogen) atoms. The predicted molar refractivity (Wildman–Crippen MR) is 70.8 cm³/mol. The van der Waals surface area contributed by atoms with Crippen LogP contribution in [0.25, 0.3) is 0 Å². The van der Waals surface area contributed by atoms with Crippen LogP contribution in [0.15, 0.2) is 41.4 Å². The third-order valence-electron chi connectivity index (χ3n) is 1.86. The minimum Gasteiger partial charge on any atom is -0.248 e. The minimum absolute atomic E-state index is 0.785. The summed E-state index contributed by atoms with van der Waals surface area (Å²) >= 11 is 7.79. The summed E-state index contributed by atoms with van der Waals surface area (Å²) in [6, 6.07) is 10.4. The van der Waals surface area contributed by atoms with Crippen molar-refractivity contribution in [1.82, 2.24) is 4.98 Å². The van der Waals surface area contributed by atoms with Crippen LogP contribution in [0.1, 0.15) is 9.88 Å². The minimum atomic E-state index is 0.785. The number of hydrogen-bond acceptors (Lipinski definition) is 4. The highest BCUT2D eigenvalue weighted by atomic mass is 32.2. The summed E-state index contributed by atoms with van der Waals surface area (Å²) in [6.45, 7) is 0. The van der Waals surface area contributed by atoms with Gasteiger partial charge in [-0.15, -0.1) is 23.1 Å². The molecule has 0 amide bonds. The molecule has 0 aliphatic rings. The van der Waals surface area contributed by atoms with Crippen molar-refractivity contribution < 1.29 is 0 Å². The fourth-order valence-corrected chi connectivity index (χ4v) is 3.13. The maximum Gasteiger partial charge on any atom is 0.103 e. The van der Waals surface area contributed by atoms with Gasteiger partial charge in [-0.3, -0.25) is 0 Å². The molecule has 1 nitrogen and oxygen atoms in total. The summed E-state index contributed by atoms with van der Waals surface area (Å²) < 4.78 is 0. The van der Waals surface area contributed by atoms with E-state index in [0.717, 1.165) is 11.5 Å². The smallest absolute Gasteiger partial charge is 0.103 e. The molecule has 0 fully saturated rings. The van der Waals surface area contributed by atoms with E-state index < -0.39 is 0 Å². The average molecular weight is 253 g/mol. The molecule has 0 N–H and O–H groups in total. The lowest BCUT2D eigenvalue weighted by atomic mass is 10.4. The van der Waals surface area contributed by atoms with Crippen LogP contribution < -0.4 is 0 Å². The zero-order chi connectivity index (χ0) is 10.5. The number of hydrogen-bond donors (Lipinski definition) is 1. The lowest BCUT2D eigenvalue weighted by Gasteiger charge is -1.97. The molecular formula is C11H11NS3. The van der Waals surface area contributed by atoms with E-state index >= 15 is 0 Å². The van der Waals surface area contributed by atoms with E-state index in [1.54, 1.807) is 11.3 Å². The van der Waals surface area contributed by atoms with Gasteiger partial charge in [0.05, 0.1) is 5.75 Å². The van der Waals surface area contributed by atoms with Gasteiger partial charge in [-0.2, -0.15) is 12.6 Å². The van der Waals surface area contributed by atoms with Crippen molar-refractivity contribution in [3.8, 4) is 0 Å². The molecule has 0 saturated heterocycles. The number of thiazole rings is 1. The number of rotatable bonds is 4. The fourth-order valence-electron chi connectivity index (χ4n) is 1.15. The molecule has 0 radical (unpaired) electrons. The lowest BCUT2D eigenvalue weighted by molar-refractivity contribution is 1.25. The standard InChI is InChI=1S/C11H11NS3/c13-7-10-6-12-11(15-10)8-14-9-4-2-1-3-5-9/h1-6,13H,7-8H2. The first-order chi connectivity index (χ1) is 7.38. The Bertz CT molecular complexity index is 411. The van der Waals surface area contributed by atoms with E-state index in [2.05, 4.69) is 41.9 Å². The Labute approximate surface area is 103 Å². The maximum atomic E-state index is 4.35. The van der Waals surface area contributed by atoms with E-state index in [1.807, 2.05) is 24.0 Å². The van der Waals surface area contributed by atoms with E-state index in [1.165, 1.54) is 14.8 Å². The lowest BCUT2D eigenvalue weighted by Crippen LogP contribution is -1.76. The highest BCUT2D eigenvalue weighted by Crippen LogP contribution is 2.25. The number of thioether (sulfide) groups is 1. The van der Waals surface area contributed by atoms with Gasteiger partial charge in [0.25, 0.3) is 0 Å².